The predicted octanol–water partition coefficient (Wildman–Crippen LogP) is 2.65. The molecule has 1 aromatic heterocycles. The molecule has 26 heavy (non-hydrogen) atoms. The van der Waals surface area contributed by atoms with Crippen LogP contribution in [0.4, 0.5) is 0 Å². The van der Waals surface area contributed by atoms with Crippen LogP contribution in [-0.4, -0.2) is 22.5 Å². The van der Waals surface area contributed by atoms with E-state index in [1.807, 2.05) is 66.2 Å². The van der Waals surface area contributed by atoms with Gasteiger partial charge in [0.15, 0.2) is 6.10 Å². The van der Waals surface area contributed by atoms with E-state index in [0.717, 1.165) is 10.9 Å². The Morgan fingerprint density at radius 2 is 1.73 bits per heavy atom. The van der Waals surface area contributed by atoms with Crippen LogP contribution in [0.3, 0.4) is 0 Å². The number of aromatic nitrogens is 1. The van der Waals surface area contributed by atoms with Crippen molar-refractivity contribution in [2.75, 3.05) is 0 Å². The summed E-state index contributed by atoms with van der Waals surface area (Å²) in [6, 6.07) is 18.9. The summed E-state index contributed by atoms with van der Waals surface area (Å²) in [6.07, 6.45) is 1.66. The lowest BCUT2D eigenvalue weighted by atomic mass is 10.2. The normalized spacial score (nSPS) is 11.7. The van der Waals surface area contributed by atoms with Crippen molar-refractivity contribution < 1.29 is 14.3 Å². The van der Waals surface area contributed by atoms with Crippen molar-refractivity contribution in [3.63, 3.8) is 0 Å². The molecule has 0 fully saturated rings. The van der Waals surface area contributed by atoms with Gasteiger partial charge >= 0.3 is 0 Å². The van der Waals surface area contributed by atoms with Crippen molar-refractivity contribution in [3.8, 4) is 5.75 Å². The van der Waals surface area contributed by atoms with E-state index in [1.165, 1.54) is 0 Å². The molecule has 0 spiro atoms. The highest BCUT2D eigenvalue weighted by Gasteiger charge is 2.19. The van der Waals surface area contributed by atoms with E-state index in [2.05, 4.69) is 10.9 Å². The van der Waals surface area contributed by atoms with Gasteiger partial charge in [-0.3, -0.25) is 20.4 Å². The number of fused-ring (bicyclic) bond motifs is 1. The molecule has 0 saturated carbocycles. The van der Waals surface area contributed by atoms with Crippen molar-refractivity contribution in [1.82, 2.24) is 15.4 Å². The molecule has 2 amide bonds. The second kappa shape index (κ2) is 8.20. The van der Waals surface area contributed by atoms with Gasteiger partial charge in [-0.05, 0) is 36.1 Å². The van der Waals surface area contributed by atoms with Gasteiger partial charge in [0.1, 0.15) is 12.3 Å². The third-order valence-corrected chi connectivity index (χ3v) is 4.00. The molecule has 0 bridgehead atoms. The zero-order chi connectivity index (χ0) is 18.4. The smallest absolute Gasteiger partial charge is 0.279 e. The maximum atomic E-state index is 12.2. The molecule has 0 aliphatic rings. The lowest BCUT2D eigenvalue weighted by molar-refractivity contribution is -0.133. The molecule has 0 radical (unpaired) electrons. The number of ether oxygens (including phenoxy) is 1. The number of hydrogen-bond donors (Lipinski definition) is 2. The summed E-state index contributed by atoms with van der Waals surface area (Å²) in [5.41, 5.74) is 5.85. The maximum Gasteiger partial charge on any atom is 0.279 e. The molecule has 0 aliphatic heterocycles. The van der Waals surface area contributed by atoms with Gasteiger partial charge in [-0.2, -0.15) is 0 Å². The van der Waals surface area contributed by atoms with Gasteiger partial charge in [-0.15, -0.1) is 0 Å². The van der Waals surface area contributed by atoms with Crippen LogP contribution in [0.2, 0.25) is 0 Å². The van der Waals surface area contributed by atoms with Crippen molar-refractivity contribution in [1.29, 1.82) is 0 Å². The quantitative estimate of drug-likeness (QED) is 0.671. The first-order valence-electron chi connectivity index (χ1n) is 8.51. The van der Waals surface area contributed by atoms with Crippen molar-refractivity contribution in [2.45, 2.75) is 26.0 Å². The second-order valence-electron chi connectivity index (χ2n) is 5.87. The highest BCUT2D eigenvalue weighted by molar-refractivity contribution is 5.86. The Hall–Kier alpha value is -3.28. The molecule has 1 unspecified atom stereocenters. The van der Waals surface area contributed by atoms with E-state index < -0.39 is 6.10 Å². The molecule has 6 nitrogen and oxygen atoms in total. The van der Waals surface area contributed by atoms with Gasteiger partial charge < -0.3 is 9.30 Å². The molecule has 0 saturated heterocycles. The van der Waals surface area contributed by atoms with Crippen LogP contribution < -0.4 is 15.6 Å². The number of para-hydroxylation sites is 2. The minimum absolute atomic E-state index is 0.115. The minimum Gasteiger partial charge on any atom is -0.481 e. The first kappa shape index (κ1) is 17.5. The number of hydrazine groups is 1. The number of hydrogen-bond acceptors (Lipinski definition) is 3. The van der Waals surface area contributed by atoms with Crippen LogP contribution >= 0.6 is 0 Å². The standard InChI is InChI=1S/C20H21N3O3/c1-2-18(26-16-9-4-3-5-10-16)20(25)22-21-19(24)14-23-13-12-15-8-6-7-11-17(15)23/h3-13,18H,2,14H2,1H3,(H,21,24)(H,22,25). The van der Waals surface area contributed by atoms with Crippen LogP contribution in [0.15, 0.2) is 66.9 Å². The Morgan fingerprint density at radius 3 is 2.50 bits per heavy atom. The van der Waals surface area contributed by atoms with Crippen LogP contribution in [0.1, 0.15) is 13.3 Å². The zero-order valence-corrected chi connectivity index (χ0v) is 14.5. The Labute approximate surface area is 151 Å². The third kappa shape index (κ3) is 4.22. The zero-order valence-electron chi connectivity index (χ0n) is 14.5. The Morgan fingerprint density at radius 1 is 1.00 bits per heavy atom. The molecule has 1 heterocycles. The highest BCUT2D eigenvalue weighted by Crippen LogP contribution is 2.15. The Balaban J connectivity index is 1.53. The monoisotopic (exact) mass is 351 g/mol. The molecule has 3 rings (SSSR count). The molecule has 2 aromatic carbocycles. The summed E-state index contributed by atoms with van der Waals surface area (Å²) in [5, 5.41) is 1.06. The summed E-state index contributed by atoms with van der Waals surface area (Å²) < 4.78 is 7.48. The summed E-state index contributed by atoms with van der Waals surface area (Å²) in [7, 11) is 0. The molecular formula is C20H21N3O3. The van der Waals surface area contributed by atoms with E-state index in [9.17, 15) is 9.59 Å². The third-order valence-electron chi connectivity index (χ3n) is 4.00. The fourth-order valence-corrected chi connectivity index (χ4v) is 2.67. The topological polar surface area (TPSA) is 72.4 Å². The van der Waals surface area contributed by atoms with Crippen molar-refractivity contribution in [2.24, 2.45) is 0 Å². The summed E-state index contributed by atoms with van der Waals surface area (Å²) in [4.78, 5) is 24.4. The Kier molecular flexibility index (Phi) is 5.53. The van der Waals surface area contributed by atoms with Crippen LogP contribution in [-0.2, 0) is 16.1 Å². The number of benzene rings is 2. The number of carbonyl (C=O) groups is 2. The first-order chi connectivity index (χ1) is 12.7. The molecule has 0 aliphatic carbocycles. The summed E-state index contributed by atoms with van der Waals surface area (Å²) in [6.45, 7) is 1.96. The van der Waals surface area contributed by atoms with Crippen LogP contribution in [0.5, 0.6) is 5.75 Å². The number of carbonyl (C=O) groups excluding carboxylic acids is 2. The van der Waals surface area contributed by atoms with Gasteiger partial charge in [-0.25, -0.2) is 0 Å². The van der Waals surface area contributed by atoms with Gasteiger partial charge in [0.2, 0.25) is 0 Å². The fraction of sp³-hybridized carbons (Fsp3) is 0.200. The fourth-order valence-electron chi connectivity index (χ4n) is 2.67. The molecular weight excluding hydrogens is 330 g/mol. The predicted molar refractivity (Wildman–Crippen MR) is 99.4 cm³/mol. The largest absolute Gasteiger partial charge is 0.481 e. The highest BCUT2D eigenvalue weighted by atomic mass is 16.5. The number of nitrogens with one attached hydrogen (secondary N) is 2. The first-order valence-corrected chi connectivity index (χ1v) is 8.51. The van der Waals surface area contributed by atoms with Crippen LogP contribution in [0, 0.1) is 0 Å². The number of nitrogens with zero attached hydrogens (tertiary/aromatic N) is 1. The lowest BCUT2D eigenvalue weighted by Crippen LogP contribution is -2.48. The van der Waals surface area contributed by atoms with Gasteiger partial charge in [0.25, 0.3) is 11.8 Å². The summed E-state index contributed by atoms with van der Waals surface area (Å²) >= 11 is 0. The van der Waals surface area contributed by atoms with Crippen molar-refractivity contribution >= 4 is 22.7 Å². The van der Waals surface area contributed by atoms with E-state index in [0.29, 0.717) is 12.2 Å². The SMILES string of the molecule is CCC(Oc1ccccc1)C(=O)NNC(=O)Cn1ccc2ccccc21. The number of amides is 2. The lowest BCUT2D eigenvalue weighted by Gasteiger charge is -2.17. The molecule has 134 valence electrons. The second-order valence-corrected chi connectivity index (χ2v) is 5.87. The van der Waals surface area contributed by atoms with Gasteiger partial charge in [0, 0.05) is 11.7 Å². The average Bonchev–Trinajstić information content (AvgIpc) is 3.08. The molecule has 3 aromatic rings. The van der Waals surface area contributed by atoms with Crippen molar-refractivity contribution in [3.05, 3.63) is 66.9 Å². The maximum absolute atomic E-state index is 12.2. The van der Waals surface area contributed by atoms with E-state index in [-0.39, 0.29) is 18.4 Å². The minimum atomic E-state index is -0.676. The van der Waals surface area contributed by atoms with Crippen LogP contribution in [0.25, 0.3) is 10.9 Å². The van der Waals surface area contributed by atoms with Gasteiger partial charge in [-0.1, -0.05) is 43.3 Å². The molecule has 2 N–H and O–H groups in total. The average molecular weight is 351 g/mol. The molecule has 6 heteroatoms. The summed E-state index contributed by atoms with van der Waals surface area (Å²) in [5.74, 6) is -0.0871. The van der Waals surface area contributed by atoms with E-state index >= 15 is 0 Å². The van der Waals surface area contributed by atoms with Gasteiger partial charge in [0.05, 0.1) is 0 Å². The van der Waals surface area contributed by atoms with E-state index in [1.54, 1.807) is 12.1 Å². The molecule has 1 atom stereocenters. The Bertz CT molecular complexity index is 889. The number of rotatable bonds is 6. The van der Waals surface area contributed by atoms with E-state index in [4.69, 9.17) is 4.74 Å².